The van der Waals surface area contributed by atoms with Gasteiger partial charge in [0.25, 0.3) is 0 Å². The summed E-state index contributed by atoms with van der Waals surface area (Å²) in [5.41, 5.74) is 14.8. The van der Waals surface area contributed by atoms with Crippen molar-refractivity contribution in [2.75, 3.05) is 33.2 Å². The molecule has 9 nitrogen and oxygen atoms in total. The number of hydrazine groups is 2. The van der Waals surface area contributed by atoms with Gasteiger partial charge in [-0.2, -0.15) is 0 Å². The zero-order chi connectivity index (χ0) is 31.2. The van der Waals surface area contributed by atoms with Gasteiger partial charge in [-0.3, -0.25) is 10.0 Å². The first-order valence-corrected chi connectivity index (χ1v) is 15.7. The van der Waals surface area contributed by atoms with Crippen LogP contribution >= 0.6 is 0 Å². The highest BCUT2D eigenvalue weighted by molar-refractivity contribution is 6.10. The lowest BCUT2D eigenvalue weighted by Crippen LogP contribution is -2.48. The van der Waals surface area contributed by atoms with E-state index in [-0.39, 0.29) is 0 Å². The Bertz CT molecular complexity index is 2360. The van der Waals surface area contributed by atoms with Crippen LogP contribution in [-0.2, 0) is 0 Å². The summed E-state index contributed by atoms with van der Waals surface area (Å²) in [7, 11) is 0. The molecule has 0 radical (unpaired) electrons. The van der Waals surface area contributed by atoms with E-state index in [1.165, 1.54) is 0 Å². The van der Waals surface area contributed by atoms with Crippen molar-refractivity contribution in [3.05, 3.63) is 121 Å². The number of nitrogens with one attached hydrogen (secondary N) is 1. The summed E-state index contributed by atoms with van der Waals surface area (Å²) < 4.78 is 12.8. The number of aromatic nitrogens is 2. The standard InChI is InChI=1S/C38H29N7O2/c1-23-17-19-27-25-9-7-15-33(35(25)46-37(27)39-23)43-21-42(29-11-3-4-12-30(29)43)22-44-31-13-5-6-14-32(31)45(41-44)34-16-8-10-26-28-20-18-24(2)40-38(28)47-36(26)34/h3-20,41H,21-22H2,1-2H3. The summed E-state index contributed by atoms with van der Waals surface area (Å²) in [6.45, 7) is 5.21. The third-order valence-corrected chi connectivity index (χ3v) is 9.27. The number of furan rings is 2. The molecule has 10 rings (SSSR count). The number of nitrogens with zero attached hydrogens (tertiary/aromatic N) is 6. The second kappa shape index (κ2) is 9.72. The predicted octanol–water partition coefficient (Wildman–Crippen LogP) is 8.84. The molecule has 228 valence electrons. The molecule has 0 saturated carbocycles. The first-order chi connectivity index (χ1) is 23.1. The average molecular weight is 616 g/mol. The summed E-state index contributed by atoms with van der Waals surface area (Å²) >= 11 is 0. The molecule has 4 aromatic carbocycles. The van der Waals surface area contributed by atoms with Crippen molar-refractivity contribution in [1.29, 1.82) is 0 Å². The van der Waals surface area contributed by atoms with Crippen molar-refractivity contribution in [1.82, 2.24) is 15.5 Å². The number of para-hydroxylation sites is 6. The maximum Gasteiger partial charge on any atom is 0.227 e. The molecular formula is C38H29N7O2. The number of hydrogen-bond acceptors (Lipinski definition) is 9. The van der Waals surface area contributed by atoms with Crippen molar-refractivity contribution in [3.63, 3.8) is 0 Å². The van der Waals surface area contributed by atoms with Gasteiger partial charge in [-0.15, -0.1) is 5.53 Å². The van der Waals surface area contributed by atoms with E-state index in [4.69, 9.17) is 8.83 Å². The highest BCUT2D eigenvalue weighted by atomic mass is 16.3. The Morgan fingerprint density at radius 3 is 1.79 bits per heavy atom. The number of aryl methyl sites for hydroxylation is 2. The van der Waals surface area contributed by atoms with Crippen molar-refractivity contribution < 1.29 is 8.83 Å². The molecule has 0 bridgehead atoms. The highest BCUT2D eigenvalue weighted by Gasteiger charge is 2.34. The van der Waals surface area contributed by atoms with Crippen LogP contribution in [0.4, 0.5) is 34.1 Å². The minimum atomic E-state index is 0.592. The van der Waals surface area contributed by atoms with Gasteiger partial charge < -0.3 is 18.6 Å². The summed E-state index contributed by atoms with van der Waals surface area (Å²) in [6.07, 6.45) is 0. The van der Waals surface area contributed by atoms with Crippen molar-refractivity contribution in [3.8, 4) is 0 Å². The normalized spacial score (nSPS) is 14.3. The van der Waals surface area contributed by atoms with Crippen LogP contribution in [0.3, 0.4) is 0 Å². The van der Waals surface area contributed by atoms with Crippen LogP contribution in [0.1, 0.15) is 11.4 Å². The molecule has 0 aliphatic carbocycles. The van der Waals surface area contributed by atoms with Crippen molar-refractivity contribution in [2.24, 2.45) is 0 Å². The Morgan fingerprint density at radius 2 is 1.11 bits per heavy atom. The lowest BCUT2D eigenvalue weighted by atomic mass is 10.1. The molecule has 8 aromatic rings. The van der Waals surface area contributed by atoms with E-state index in [2.05, 4.69) is 132 Å². The van der Waals surface area contributed by atoms with Gasteiger partial charge in [0.15, 0.2) is 11.2 Å². The fourth-order valence-electron chi connectivity index (χ4n) is 7.08. The molecule has 2 aliphatic heterocycles. The van der Waals surface area contributed by atoms with Gasteiger partial charge in [0, 0.05) is 32.9 Å². The molecule has 4 aromatic heterocycles. The zero-order valence-corrected chi connectivity index (χ0v) is 25.8. The van der Waals surface area contributed by atoms with Crippen LogP contribution < -0.4 is 25.4 Å². The molecule has 0 amide bonds. The topological polar surface area (TPSA) is 77.1 Å². The van der Waals surface area contributed by atoms with E-state index in [1.54, 1.807) is 0 Å². The second-order valence-electron chi connectivity index (χ2n) is 12.2. The smallest absolute Gasteiger partial charge is 0.227 e. The minimum Gasteiger partial charge on any atom is -0.435 e. The summed E-state index contributed by atoms with van der Waals surface area (Å²) in [6, 6.07) is 37.8. The van der Waals surface area contributed by atoms with Gasteiger partial charge >= 0.3 is 0 Å². The van der Waals surface area contributed by atoms with Gasteiger partial charge in [0.2, 0.25) is 11.4 Å². The number of rotatable bonds is 4. The van der Waals surface area contributed by atoms with E-state index in [0.29, 0.717) is 24.8 Å². The molecule has 47 heavy (non-hydrogen) atoms. The lowest BCUT2D eigenvalue weighted by molar-refractivity contribution is 0.632. The van der Waals surface area contributed by atoms with E-state index in [0.717, 1.165) is 78.2 Å². The summed E-state index contributed by atoms with van der Waals surface area (Å²) in [4.78, 5) is 14.0. The molecule has 6 heterocycles. The average Bonchev–Trinajstić information content (AvgIpc) is 3.85. The maximum atomic E-state index is 6.42. The van der Waals surface area contributed by atoms with Crippen LogP contribution in [0.25, 0.3) is 44.1 Å². The first kappa shape index (κ1) is 26.2. The van der Waals surface area contributed by atoms with E-state index >= 15 is 0 Å². The summed E-state index contributed by atoms with van der Waals surface area (Å²) in [5, 5.41) is 8.44. The third kappa shape index (κ3) is 3.87. The van der Waals surface area contributed by atoms with Gasteiger partial charge in [0.05, 0.1) is 35.1 Å². The minimum absolute atomic E-state index is 0.592. The quantitative estimate of drug-likeness (QED) is 0.209. The highest BCUT2D eigenvalue weighted by Crippen LogP contribution is 2.46. The van der Waals surface area contributed by atoms with Crippen LogP contribution in [-0.4, -0.2) is 23.3 Å². The van der Waals surface area contributed by atoms with E-state index < -0.39 is 0 Å². The van der Waals surface area contributed by atoms with Crippen LogP contribution in [0.2, 0.25) is 0 Å². The molecule has 9 heteroatoms. The van der Waals surface area contributed by atoms with Gasteiger partial charge in [-0.05, 0) is 74.5 Å². The number of anilines is 6. The number of benzene rings is 4. The third-order valence-electron chi connectivity index (χ3n) is 9.27. The fraction of sp³-hybridized carbons (Fsp3) is 0.105. The van der Waals surface area contributed by atoms with Crippen LogP contribution in [0.5, 0.6) is 0 Å². The molecule has 0 fully saturated rings. The first-order valence-electron chi connectivity index (χ1n) is 15.7. The maximum absolute atomic E-state index is 6.42. The Labute approximate surface area is 269 Å². The Balaban J connectivity index is 1.02. The van der Waals surface area contributed by atoms with Gasteiger partial charge in [-0.1, -0.05) is 48.5 Å². The zero-order valence-electron chi connectivity index (χ0n) is 25.8. The fourth-order valence-corrected chi connectivity index (χ4v) is 7.08. The SMILES string of the molecule is Cc1ccc2c(n1)oc1c(N3CN(CN4NN(c5cccc6c5oc5nc(C)ccc56)c5ccccc54)c4ccccc43)cccc12. The van der Waals surface area contributed by atoms with Crippen LogP contribution in [0.15, 0.2) is 118 Å². The Hall–Kier alpha value is -6.06. The predicted molar refractivity (Wildman–Crippen MR) is 187 cm³/mol. The molecule has 0 unspecified atom stereocenters. The number of pyridine rings is 2. The van der Waals surface area contributed by atoms with Crippen molar-refractivity contribution >= 4 is 78.3 Å². The largest absolute Gasteiger partial charge is 0.435 e. The second-order valence-corrected chi connectivity index (χ2v) is 12.2. The summed E-state index contributed by atoms with van der Waals surface area (Å²) in [5.74, 6) is 0. The Morgan fingerprint density at radius 1 is 0.553 bits per heavy atom. The number of fused-ring (bicyclic) bond motifs is 8. The van der Waals surface area contributed by atoms with E-state index in [1.807, 2.05) is 26.0 Å². The van der Waals surface area contributed by atoms with Crippen molar-refractivity contribution in [2.45, 2.75) is 13.8 Å². The van der Waals surface area contributed by atoms with Crippen LogP contribution in [0, 0.1) is 13.8 Å². The molecule has 0 saturated heterocycles. The molecule has 0 atom stereocenters. The molecule has 1 N–H and O–H groups in total. The monoisotopic (exact) mass is 615 g/mol. The molecule has 2 aliphatic rings. The molecular weight excluding hydrogens is 586 g/mol. The van der Waals surface area contributed by atoms with E-state index in [9.17, 15) is 0 Å². The van der Waals surface area contributed by atoms with Gasteiger partial charge in [-0.25, -0.2) is 9.97 Å². The molecule has 0 spiro atoms. The lowest BCUT2D eigenvalue weighted by Gasteiger charge is -2.29. The van der Waals surface area contributed by atoms with Gasteiger partial charge in [0.1, 0.15) is 12.4 Å². The Kier molecular flexibility index (Phi) is 5.41. The number of hydrogen-bond donors (Lipinski definition) is 1.